The Bertz CT molecular complexity index is 1390. The number of halogens is 4. The minimum Gasteiger partial charge on any atom is -0.399 e. The molecule has 3 amide bonds. The van der Waals surface area contributed by atoms with Crippen molar-refractivity contribution in [2.24, 2.45) is 5.16 Å². The summed E-state index contributed by atoms with van der Waals surface area (Å²) in [7, 11) is 3.18. The SMILES string of the molecule is CO/N=C(/CN(C)C(=O)c1cc(Cl)cc(Cl)c1)[C@H](CCN1CCC(N2CCCN(CC(C)(C)O)C2=O)CC1)c1ccc(Cl)c(Cl)c1. The maximum absolute atomic E-state index is 13.3. The lowest BCUT2D eigenvalue weighted by atomic mass is 9.89. The van der Waals surface area contributed by atoms with Crippen molar-refractivity contribution in [1.29, 1.82) is 0 Å². The number of β-amino-alcohol motifs (C(OH)–C–C–N with tert-alkyl or cyclic N) is 1. The van der Waals surface area contributed by atoms with Crippen molar-refractivity contribution < 1.29 is 19.5 Å². The number of benzene rings is 2. The van der Waals surface area contributed by atoms with Crippen LogP contribution in [0.2, 0.25) is 20.1 Å². The molecule has 0 bridgehead atoms. The van der Waals surface area contributed by atoms with Gasteiger partial charge in [0.1, 0.15) is 7.11 Å². The van der Waals surface area contributed by atoms with Gasteiger partial charge in [-0.15, -0.1) is 0 Å². The van der Waals surface area contributed by atoms with E-state index in [0.29, 0.717) is 50.9 Å². The fraction of sp³-hybridized carbons (Fsp3) is 0.545. The number of hydrogen-bond acceptors (Lipinski definition) is 6. The van der Waals surface area contributed by atoms with Gasteiger partial charge in [-0.1, -0.05) is 57.6 Å². The summed E-state index contributed by atoms with van der Waals surface area (Å²) in [5.74, 6) is -0.471. The van der Waals surface area contributed by atoms with Crippen LogP contribution in [0.1, 0.15) is 61.4 Å². The molecule has 0 aliphatic carbocycles. The molecule has 0 saturated carbocycles. The first-order chi connectivity index (χ1) is 21.8. The van der Waals surface area contributed by atoms with Crippen LogP contribution in [-0.2, 0) is 4.84 Å². The van der Waals surface area contributed by atoms with Crippen molar-refractivity contribution in [1.82, 2.24) is 19.6 Å². The summed E-state index contributed by atoms with van der Waals surface area (Å²) in [6.07, 6.45) is 3.34. The fourth-order valence-electron chi connectivity index (χ4n) is 6.31. The van der Waals surface area contributed by atoms with Gasteiger partial charge in [-0.25, -0.2) is 4.79 Å². The van der Waals surface area contributed by atoms with Crippen LogP contribution in [0.3, 0.4) is 0 Å². The Labute approximate surface area is 291 Å². The zero-order valence-corrected chi connectivity index (χ0v) is 29.8. The van der Waals surface area contributed by atoms with Gasteiger partial charge in [0.05, 0.1) is 34.4 Å². The summed E-state index contributed by atoms with van der Waals surface area (Å²) < 4.78 is 0. The number of hydrogen-bond donors (Lipinski definition) is 1. The van der Waals surface area contributed by atoms with Gasteiger partial charge in [-0.2, -0.15) is 0 Å². The maximum atomic E-state index is 13.3. The second-order valence-corrected chi connectivity index (χ2v) is 14.4. The average molecular weight is 716 g/mol. The van der Waals surface area contributed by atoms with Crippen molar-refractivity contribution in [3.05, 3.63) is 67.6 Å². The second-order valence-electron chi connectivity index (χ2n) is 12.7. The number of piperidine rings is 1. The number of likely N-dealkylation sites (tertiary alicyclic amines) is 1. The standard InChI is InChI=1S/C33H43Cl4N5O4/c1-33(2,45)21-41-11-5-12-42(32(41)44)26-8-13-40(14-9-26)15-10-27(22-6-7-28(36)29(37)18-22)30(38-46-4)20-39(3)31(43)23-16-24(34)19-25(35)17-23/h6-7,16-19,26-27,45H,5,8-15,20-21H2,1-4H3/b38-30-/t27-/m1/s1. The van der Waals surface area contributed by atoms with Crippen LogP contribution in [0, 0.1) is 0 Å². The van der Waals surface area contributed by atoms with Gasteiger partial charge in [0.2, 0.25) is 0 Å². The van der Waals surface area contributed by atoms with Gasteiger partial charge in [-0.3, -0.25) is 4.79 Å². The normalized spacial score (nSPS) is 17.8. The Hall–Kier alpha value is -2.27. The molecule has 2 aliphatic rings. The van der Waals surface area contributed by atoms with Gasteiger partial charge >= 0.3 is 6.03 Å². The van der Waals surface area contributed by atoms with Crippen molar-refractivity contribution in [3.63, 3.8) is 0 Å². The molecule has 0 spiro atoms. The Balaban J connectivity index is 1.45. The second kappa shape index (κ2) is 16.2. The van der Waals surface area contributed by atoms with E-state index in [1.54, 1.807) is 55.0 Å². The summed E-state index contributed by atoms with van der Waals surface area (Å²) >= 11 is 25.0. The first-order valence-corrected chi connectivity index (χ1v) is 17.0. The summed E-state index contributed by atoms with van der Waals surface area (Å²) in [4.78, 5) is 39.6. The highest BCUT2D eigenvalue weighted by Gasteiger charge is 2.35. The molecule has 46 heavy (non-hydrogen) atoms. The van der Waals surface area contributed by atoms with E-state index in [-0.39, 0.29) is 30.4 Å². The van der Waals surface area contributed by atoms with Gasteiger partial charge in [-0.05, 0) is 82.0 Å². The molecule has 0 aromatic heterocycles. The van der Waals surface area contributed by atoms with E-state index in [1.807, 2.05) is 17.0 Å². The molecule has 2 saturated heterocycles. The van der Waals surface area contributed by atoms with E-state index in [2.05, 4.69) is 10.1 Å². The minimum absolute atomic E-state index is 0.0191. The summed E-state index contributed by atoms with van der Waals surface area (Å²) in [6, 6.07) is 10.5. The zero-order valence-electron chi connectivity index (χ0n) is 26.8. The lowest BCUT2D eigenvalue weighted by Gasteiger charge is -2.44. The smallest absolute Gasteiger partial charge is 0.320 e. The van der Waals surface area contributed by atoms with Gasteiger partial charge in [0, 0.05) is 60.8 Å². The number of carbonyl (C=O) groups is 2. The molecule has 13 heteroatoms. The number of oxime groups is 1. The first kappa shape index (κ1) is 36.6. The Morgan fingerprint density at radius 1 is 1.04 bits per heavy atom. The van der Waals surface area contributed by atoms with Crippen molar-refractivity contribution >= 4 is 64.1 Å². The van der Waals surface area contributed by atoms with Gasteiger partial charge < -0.3 is 29.5 Å². The van der Waals surface area contributed by atoms with E-state index >= 15 is 0 Å². The summed E-state index contributed by atoms with van der Waals surface area (Å²) in [5, 5.41) is 16.3. The third kappa shape index (κ3) is 9.87. The predicted molar refractivity (Wildman–Crippen MR) is 186 cm³/mol. The van der Waals surface area contributed by atoms with Crippen LogP contribution in [0.25, 0.3) is 0 Å². The van der Waals surface area contributed by atoms with E-state index < -0.39 is 5.60 Å². The Morgan fingerprint density at radius 2 is 1.72 bits per heavy atom. The average Bonchev–Trinajstić information content (AvgIpc) is 2.99. The molecular weight excluding hydrogens is 672 g/mol. The number of amides is 3. The largest absolute Gasteiger partial charge is 0.399 e. The van der Waals surface area contributed by atoms with Crippen molar-refractivity contribution in [3.8, 4) is 0 Å². The van der Waals surface area contributed by atoms with E-state index in [4.69, 9.17) is 51.2 Å². The quantitative estimate of drug-likeness (QED) is 0.191. The molecule has 0 unspecified atom stereocenters. The highest BCUT2D eigenvalue weighted by molar-refractivity contribution is 6.42. The van der Waals surface area contributed by atoms with Crippen LogP contribution < -0.4 is 0 Å². The summed E-state index contributed by atoms with van der Waals surface area (Å²) in [5.41, 5.74) is 1.02. The van der Waals surface area contributed by atoms with Crippen molar-refractivity contribution in [2.45, 2.75) is 57.1 Å². The molecule has 1 N–H and O–H groups in total. The highest BCUT2D eigenvalue weighted by atomic mass is 35.5. The molecule has 1 atom stereocenters. The number of rotatable bonds is 12. The summed E-state index contributed by atoms with van der Waals surface area (Å²) in [6.45, 7) is 7.87. The molecule has 0 radical (unpaired) electrons. The molecule has 9 nitrogen and oxygen atoms in total. The highest BCUT2D eigenvalue weighted by Crippen LogP contribution is 2.31. The number of aliphatic hydroxyl groups is 1. The topological polar surface area (TPSA) is 88.9 Å². The molecule has 2 aromatic carbocycles. The molecule has 2 aliphatic heterocycles. The lowest BCUT2D eigenvalue weighted by molar-refractivity contribution is 0.0217. The molecule has 2 heterocycles. The van der Waals surface area contributed by atoms with E-state index in [9.17, 15) is 14.7 Å². The number of urea groups is 1. The molecular formula is C33H43Cl4N5O4. The minimum atomic E-state index is -0.928. The van der Waals surface area contributed by atoms with Crippen LogP contribution in [-0.4, -0.2) is 114 Å². The maximum Gasteiger partial charge on any atom is 0.320 e. The van der Waals surface area contributed by atoms with Crippen LogP contribution in [0.4, 0.5) is 4.79 Å². The third-order valence-electron chi connectivity index (χ3n) is 8.47. The zero-order chi connectivity index (χ0) is 33.6. The molecule has 252 valence electrons. The van der Waals surface area contributed by atoms with Gasteiger partial charge in [0.25, 0.3) is 5.91 Å². The van der Waals surface area contributed by atoms with Crippen LogP contribution >= 0.6 is 46.4 Å². The molecule has 2 aromatic rings. The Morgan fingerprint density at radius 3 is 2.33 bits per heavy atom. The predicted octanol–water partition coefficient (Wildman–Crippen LogP) is 6.91. The van der Waals surface area contributed by atoms with Crippen LogP contribution in [0.15, 0.2) is 41.6 Å². The van der Waals surface area contributed by atoms with E-state index in [1.165, 1.54) is 7.11 Å². The Kier molecular flexibility index (Phi) is 12.9. The molecule has 4 rings (SSSR count). The van der Waals surface area contributed by atoms with E-state index in [0.717, 1.165) is 51.0 Å². The lowest BCUT2D eigenvalue weighted by Crippen LogP contribution is -2.57. The van der Waals surface area contributed by atoms with Gasteiger partial charge in [0.15, 0.2) is 0 Å². The number of nitrogens with zero attached hydrogens (tertiary/aromatic N) is 5. The number of carbonyl (C=O) groups excluding carboxylic acids is 2. The third-order valence-corrected chi connectivity index (χ3v) is 9.64. The monoisotopic (exact) mass is 713 g/mol. The fourth-order valence-corrected chi connectivity index (χ4v) is 7.14. The van der Waals surface area contributed by atoms with Crippen molar-refractivity contribution in [2.75, 3.05) is 60.0 Å². The molecule has 2 fully saturated rings. The van der Waals surface area contributed by atoms with Crippen LogP contribution in [0.5, 0.6) is 0 Å². The first-order valence-electron chi connectivity index (χ1n) is 15.5.